The lowest BCUT2D eigenvalue weighted by Gasteiger charge is -2.40. The molecule has 0 spiro atoms. The van der Waals surface area contributed by atoms with Crippen molar-refractivity contribution in [2.24, 2.45) is 11.8 Å². The molecular formula is C26H34Cl2N2O4S3. The van der Waals surface area contributed by atoms with Gasteiger partial charge in [0, 0.05) is 7.11 Å². The quantitative estimate of drug-likeness (QED) is 0.0929. The van der Waals surface area contributed by atoms with Gasteiger partial charge >= 0.3 is 0 Å². The summed E-state index contributed by atoms with van der Waals surface area (Å²) < 4.78 is 13.9. The first-order valence-corrected chi connectivity index (χ1v) is 15.2. The zero-order valence-electron chi connectivity index (χ0n) is 21.6. The summed E-state index contributed by atoms with van der Waals surface area (Å²) in [7, 11) is 1.51. The molecular weight excluding hydrogens is 571 g/mol. The van der Waals surface area contributed by atoms with Crippen molar-refractivity contribution in [3.05, 3.63) is 35.9 Å². The minimum Gasteiger partial charge on any atom is -0.380 e. The highest BCUT2D eigenvalue weighted by atomic mass is 35.5. The number of hydrogen-bond acceptors (Lipinski definition) is 8. The minimum atomic E-state index is -1.84. The van der Waals surface area contributed by atoms with Crippen LogP contribution in [0.3, 0.4) is 0 Å². The molecule has 1 aliphatic rings. The molecule has 1 aromatic carbocycles. The number of nitrogens with one attached hydrogen (secondary N) is 1. The summed E-state index contributed by atoms with van der Waals surface area (Å²) in [5.41, 5.74) is 1.30. The number of thiocarbonyl (C=S) groups is 1. The SMILES string of the molecule is CCC(C(=O)NC(=S)CSc1nc2ccccc2s1)C(OC)C(C(O)(Cl)CCl)C1(C)OC1CC=C(C)C. The number of carbonyl (C=O) groups excluding carboxylic acids is 1. The zero-order chi connectivity index (χ0) is 27.4. The number of carbonyl (C=O) groups is 1. The molecule has 3 rings (SSSR count). The molecule has 1 aliphatic heterocycles. The van der Waals surface area contributed by atoms with Gasteiger partial charge in [-0.3, -0.25) is 4.79 Å². The molecule has 0 saturated carbocycles. The van der Waals surface area contributed by atoms with Gasteiger partial charge in [0.15, 0.2) is 9.40 Å². The van der Waals surface area contributed by atoms with E-state index in [0.29, 0.717) is 23.6 Å². The molecule has 6 nitrogen and oxygen atoms in total. The van der Waals surface area contributed by atoms with E-state index in [4.69, 9.17) is 44.9 Å². The highest BCUT2D eigenvalue weighted by Gasteiger charge is 2.65. The van der Waals surface area contributed by atoms with E-state index in [1.807, 2.05) is 52.0 Å². The lowest BCUT2D eigenvalue weighted by atomic mass is 9.75. The molecule has 2 aromatic rings. The number of halogens is 2. The van der Waals surface area contributed by atoms with Crippen LogP contribution in [0, 0.1) is 11.8 Å². The van der Waals surface area contributed by atoms with Crippen molar-refractivity contribution >= 4 is 79.6 Å². The maximum absolute atomic E-state index is 13.4. The number of epoxide rings is 1. The fraction of sp³-hybridized carbons (Fsp3) is 0.577. The molecule has 6 unspecified atom stereocenters. The lowest BCUT2D eigenvalue weighted by molar-refractivity contribution is -0.136. The number of ether oxygens (including phenoxy) is 2. The fourth-order valence-corrected chi connectivity index (χ4v) is 7.33. The topological polar surface area (TPSA) is 84.0 Å². The van der Waals surface area contributed by atoms with Crippen LogP contribution in [0.15, 0.2) is 40.3 Å². The first kappa shape index (κ1) is 30.8. The van der Waals surface area contributed by atoms with E-state index in [-0.39, 0.29) is 17.9 Å². The van der Waals surface area contributed by atoms with Crippen molar-refractivity contribution in [2.75, 3.05) is 18.7 Å². The van der Waals surface area contributed by atoms with Crippen LogP contribution < -0.4 is 5.32 Å². The molecule has 1 amide bonds. The van der Waals surface area contributed by atoms with Crippen LogP contribution in [0.2, 0.25) is 0 Å². The van der Waals surface area contributed by atoms with Gasteiger partial charge in [0.1, 0.15) is 5.60 Å². The number of rotatable bonds is 13. The predicted molar refractivity (Wildman–Crippen MR) is 158 cm³/mol. The van der Waals surface area contributed by atoms with Gasteiger partial charge in [0.25, 0.3) is 0 Å². The summed E-state index contributed by atoms with van der Waals surface area (Å²) in [6.07, 6.45) is 2.25. The third-order valence-corrected chi connectivity index (χ3v) is 10.2. The summed E-state index contributed by atoms with van der Waals surface area (Å²) in [5, 5.41) is 12.1. The third kappa shape index (κ3) is 7.45. The Morgan fingerprint density at radius 2 is 2.16 bits per heavy atom. The van der Waals surface area contributed by atoms with Crippen LogP contribution in [0.25, 0.3) is 10.2 Å². The van der Waals surface area contributed by atoms with E-state index < -0.39 is 28.6 Å². The number of benzene rings is 1. The zero-order valence-corrected chi connectivity index (χ0v) is 25.6. The van der Waals surface area contributed by atoms with E-state index in [9.17, 15) is 9.90 Å². The number of fused-ring (bicyclic) bond motifs is 1. The summed E-state index contributed by atoms with van der Waals surface area (Å²) >= 11 is 21.2. The summed E-state index contributed by atoms with van der Waals surface area (Å²) in [5.74, 6) is -1.53. The average molecular weight is 606 g/mol. The Morgan fingerprint density at radius 3 is 2.76 bits per heavy atom. The van der Waals surface area contributed by atoms with Crippen molar-refractivity contribution in [1.82, 2.24) is 10.3 Å². The van der Waals surface area contributed by atoms with Crippen LogP contribution in [0.1, 0.15) is 40.5 Å². The van der Waals surface area contributed by atoms with Gasteiger partial charge in [-0.1, -0.05) is 66.3 Å². The number of nitrogens with zero attached hydrogens (tertiary/aromatic N) is 1. The minimum absolute atomic E-state index is 0.176. The van der Waals surface area contributed by atoms with Crippen molar-refractivity contribution < 1.29 is 19.4 Å². The van der Waals surface area contributed by atoms with E-state index in [0.717, 1.165) is 14.6 Å². The molecule has 2 N–H and O–H groups in total. The molecule has 37 heavy (non-hydrogen) atoms. The Kier molecular flexibility index (Phi) is 10.8. The molecule has 0 radical (unpaired) electrons. The number of alkyl halides is 2. The van der Waals surface area contributed by atoms with Gasteiger partial charge in [-0.25, -0.2) is 4.98 Å². The van der Waals surface area contributed by atoms with E-state index in [2.05, 4.69) is 16.4 Å². The summed E-state index contributed by atoms with van der Waals surface area (Å²) in [6, 6.07) is 7.93. The first-order valence-electron chi connectivity index (χ1n) is 12.1. The Hall–Kier alpha value is -0.780. The number of allylic oxidation sites excluding steroid dienone is 1. The number of aromatic nitrogens is 1. The second-order valence-corrected chi connectivity index (χ2v) is 13.3. The van der Waals surface area contributed by atoms with E-state index in [1.165, 1.54) is 24.4 Å². The normalized spacial score (nSPS) is 23.1. The van der Waals surface area contributed by atoms with Crippen LogP contribution in [-0.2, 0) is 14.3 Å². The number of para-hydroxylation sites is 1. The van der Waals surface area contributed by atoms with Gasteiger partial charge in [-0.2, -0.15) is 0 Å². The number of methoxy groups -OCH3 is 1. The highest BCUT2D eigenvalue weighted by molar-refractivity contribution is 8.02. The standard InChI is InChI=1S/C26H34Cl2N2O4S3/c1-6-16(23(31)30-20(35)13-36-24-29-17-9-7-8-10-18(17)37-24)21(33-5)22(26(28,32)14-27)25(4)19(34-25)12-11-15(2)3/h7-11,16,19,21-22,32H,6,12-14H2,1-5H3,(H,30,31,35). The van der Waals surface area contributed by atoms with Gasteiger partial charge in [0.2, 0.25) is 5.91 Å². The van der Waals surface area contributed by atoms with Crippen LogP contribution >= 0.6 is 58.5 Å². The van der Waals surface area contributed by atoms with E-state index in [1.54, 1.807) is 11.3 Å². The maximum Gasteiger partial charge on any atom is 0.230 e. The molecule has 1 saturated heterocycles. The van der Waals surface area contributed by atoms with Gasteiger partial charge < -0.3 is 19.9 Å². The molecule has 11 heteroatoms. The molecule has 1 fully saturated rings. The van der Waals surface area contributed by atoms with Gasteiger partial charge in [-0.15, -0.1) is 22.9 Å². The third-order valence-electron chi connectivity index (χ3n) is 6.64. The van der Waals surface area contributed by atoms with Crippen LogP contribution in [0.4, 0.5) is 0 Å². The lowest BCUT2D eigenvalue weighted by Crippen LogP contribution is -2.55. The predicted octanol–water partition coefficient (Wildman–Crippen LogP) is 6.17. The second kappa shape index (κ2) is 13.0. The van der Waals surface area contributed by atoms with Gasteiger partial charge in [0.05, 0.1) is 50.9 Å². The van der Waals surface area contributed by atoms with Crippen molar-refractivity contribution in [3.63, 3.8) is 0 Å². The molecule has 2 heterocycles. The Morgan fingerprint density at radius 1 is 1.46 bits per heavy atom. The maximum atomic E-state index is 13.4. The smallest absolute Gasteiger partial charge is 0.230 e. The van der Waals surface area contributed by atoms with Crippen molar-refractivity contribution in [1.29, 1.82) is 0 Å². The number of aliphatic hydroxyl groups is 1. The number of amides is 1. The first-order chi connectivity index (χ1) is 17.5. The Bertz CT molecular complexity index is 1100. The Balaban J connectivity index is 1.71. The average Bonchev–Trinajstić information content (AvgIpc) is 3.31. The monoisotopic (exact) mass is 604 g/mol. The van der Waals surface area contributed by atoms with Gasteiger partial charge in [-0.05, 0) is 45.7 Å². The molecule has 204 valence electrons. The van der Waals surface area contributed by atoms with E-state index >= 15 is 0 Å². The molecule has 0 bridgehead atoms. The fourth-order valence-electron chi connectivity index (χ4n) is 4.68. The summed E-state index contributed by atoms with van der Waals surface area (Å²) in [4.78, 5) is 18.4. The summed E-state index contributed by atoms with van der Waals surface area (Å²) in [6.45, 7) is 7.80. The molecule has 6 atom stereocenters. The number of thiazole rings is 1. The molecule has 0 aliphatic carbocycles. The van der Waals surface area contributed by atoms with Crippen LogP contribution in [0.5, 0.6) is 0 Å². The largest absolute Gasteiger partial charge is 0.380 e. The highest BCUT2D eigenvalue weighted by Crippen LogP contribution is 2.53. The number of thioether (sulfide) groups is 1. The number of hydrogen-bond donors (Lipinski definition) is 2. The Labute approximate surface area is 242 Å². The van der Waals surface area contributed by atoms with Crippen molar-refractivity contribution in [2.45, 2.75) is 67.7 Å². The van der Waals surface area contributed by atoms with Crippen LogP contribution in [-0.4, -0.2) is 62.6 Å². The molecule has 1 aromatic heterocycles. The second-order valence-electron chi connectivity index (χ2n) is 9.60. The van der Waals surface area contributed by atoms with Crippen molar-refractivity contribution in [3.8, 4) is 0 Å².